The normalized spacial score (nSPS) is 13.1. The average molecular weight is 332 g/mol. The van der Waals surface area contributed by atoms with E-state index in [0.29, 0.717) is 27.1 Å². The van der Waals surface area contributed by atoms with Gasteiger partial charge in [-0.2, -0.15) is 0 Å². The molecule has 2 rings (SSSR count). The molecule has 0 aromatic carbocycles. The van der Waals surface area contributed by atoms with Crippen LogP contribution in [0.5, 0.6) is 0 Å². The molecule has 1 atom stereocenters. The highest BCUT2D eigenvalue weighted by atomic mass is 35.5. The lowest BCUT2D eigenvalue weighted by atomic mass is 9.94. The van der Waals surface area contributed by atoms with Gasteiger partial charge >= 0.3 is 0 Å². The molecule has 2 aromatic rings. The van der Waals surface area contributed by atoms with Gasteiger partial charge in [-0.25, -0.2) is 4.98 Å². The molecular formula is C14H19Cl2N3S. The molecule has 0 spiro atoms. The SMILES string of the molecule is CC(C)CC(CN)Cc1ncc(-c2cc(Cl)sc2Cl)[nH]1. The van der Waals surface area contributed by atoms with Crippen molar-refractivity contribution in [3.05, 3.63) is 26.8 Å². The lowest BCUT2D eigenvalue weighted by Gasteiger charge is -2.15. The van der Waals surface area contributed by atoms with Gasteiger partial charge in [0.2, 0.25) is 0 Å². The van der Waals surface area contributed by atoms with Gasteiger partial charge in [-0.1, -0.05) is 37.0 Å². The van der Waals surface area contributed by atoms with Gasteiger partial charge < -0.3 is 10.7 Å². The summed E-state index contributed by atoms with van der Waals surface area (Å²) in [6.45, 7) is 5.10. The first-order valence-electron chi connectivity index (χ1n) is 6.68. The second kappa shape index (κ2) is 6.94. The van der Waals surface area contributed by atoms with Crippen LogP contribution in [0.4, 0.5) is 0 Å². The van der Waals surface area contributed by atoms with Crippen molar-refractivity contribution in [2.45, 2.75) is 26.7 Å². The van der Waals surface area contributed by atoms with Crippen LogP contribution in [-0.2, 0) is 6.42 Å². The molecule has 0 aliphatic rings. The molecule has 0 amide bonds. The van der Waals surface area contributed by atoms with Crippen LogP contribution >= 0.6 is 34.5 Å². The molecule has 0 aliphatic carbocycles. The van der Waals surface area contributed by atoms with Crippen LogP contribution in [-0.4, -0.2) is 16.5 Å². The van der Waals surface area contributed by atoms with Crippen molar-refractivity contribution in [1.82, 2.24) is 9.97 Å². The molecule has 0 radical (unpaired) electrons. The third-order valence-electron chi connectivity index (χ3n) is 3.20. The van der Waals surface area contributed by atoms with E-state index in [0.717, 1.165) is 29.9 Å². The standard InChI is InChI=1S/C14H19Cl2N3S/c1-8(2)3-9(6-17)4-13-18-7-11(19-13)10-5-12(15)20-14(10)16/h5,7-9H,3-4,6,17H2,1-2H3,(H,18,19). The van der Waals surface area contributed by atoms with E-state index in [1.165, 1.54) is 11.3 Å². The van der Waals surface area contributed by atoms with Gasteiger partial charge in [-0.15, -0.1) is 11.3 Å². The van der Waals surface area contributed by atoms with Crippen molar-refractivity contribution >= 4 is 34.5 Å². The zero-order chi connectivity index (χ0) is 14.7. The van der Waals surface area contributed by atoms with Crippen LogP contribution in [0, 0.1) is 11.8 Å². The van der Waals surface area contributed by atoms with Crippen LogP contribution in [0.2, 0.25) is 8.67 Å². The molecule has 0 saturated heterocycles. The Morgan fingerprint density at radius 1 is 1.40 bits per heavy atom. The molecular weight excluding hydrogens is 313 g/mol. The van der Waals surface area contributed by atoms with E-state index in [2.05, 4.69) is 23.8 Å². The molecule has 0 saturated carbocycles. The quantitative estimate of drug-likeness (QED) is 0.812. The molecule has 1 unspecified atom stereocenters. The lowest BCUT2D eigenvalue weighted by Crippen LogP contribution is -2.19. The molecule has 0 fully saturated rings. The fourth-order valence-electron chi connectivity index (χ4n) is 2.33. The third kappa shape index (κ3) is 3.98. The van der Waals surface area contributed by atoms with E-state index in [1.807, 2.05) is 12.3 Å². The summed E-state index contributed by atoms with van der Waals surface area (Å²) in [4.78, 5) is 7.75. The summed E-state index contributed by atoms with van der Waals surface area (Å²) >= 11 is 13.5. The number of halogens is 2. The summed E-state index contributed by atoms with van der Waals surface area (Å²) in [6, 6.07) is 1.86. The van der Waals surface area contributed by atoms with E-state index in [9.17, 15) is 0 Å². The minimum Gasteiger partial charge on any atom is -0.342 e. The van der Waals surface area contributed by atoms with Crippen LogP contribution in [0.1, 0.15) is 26.1 Å². The molecule has 6 heteroatoms. The third-order valence-corrected chi connectivity index (χ3v) is 4.68. The Morgan fingerprint density at radius 3 is 2.70 bits per heavy atom. The van der Waals surface area contributed by atoms with Gasteiger partial charge in [-0.3, -0.25) is 0 Å². The Kier molecular flexibility index (Phi) is 5.49. The Hall–Kier alpha value is -0.550. The summed E-state index contributed by atoms with van der Waals surface area (Å²) in [7, 11) is 0. The molecule has 2 aromatic heterocycles. The summed E-state index contributed by atoms with van der Waals surface area (Å²) < 4.78 is 1.36. The molecule has 3 N–H and O–H groups in total. The van der Waals surface area contributed by atoms with E-state index < -0.39 is 0 Å². The Balaban J connectivity index is 2.10. The summed E-state index contributed by atoms with van der Waals surface area (Å²) in [5, 5.41) is 0. The number of aromatic amines is 1. The Morgan fingerprint density at radius 2 is 2.15 bits per heavy atom. The van der Waals surface area contributed by atoms with Gasteiger partial charge in [0.1, 0.15) is 10.2 Å². The fraction of sp³-hybridized carbons (Fsp3) is 0.500. The average Bonchev–Trinajstić information content (AvgIpc) is 2.94. The highest BCUT2D eigenvalue weighted by Gasteiger charge is 2.14. The first kappa shape index (κ1) is 15.8. The number of nitrogens with zero attached hydrogens (tertiary/aromatic N) is 1. The summed E-state index contributed by atoms with van der Waals surface area (Å²) in [6.07, 6.45) is 3.78. The monoisotopic (exact) mass is 331 g/mol. The summed E-state index contributed by atoms with van der Waals surface area (Å²) in [5.41, 5.74) is 7.66. The number of H-pyrrole nitrogens is 1. The number of hydrogen-bond acceptors (Lipinski definition) is 3. The van der Waals surface area contributed by atoms with Crippen molar-refractivity contribution in [1.29, 1.82) is 0 Å². The van der Waals surface area contributed by atoms with Crippen molar-refractivity contribution in [3.8, 4) is 11.3 Å². The highest BCUT2D eigenvalue weighted by Crippen LogP contribution is 2.37. The molecule has 110 valence electrons. The molecule has 0 aliphatic heterocycles. The van der Waals surface area contributed by atoms with Crippen LogP contribution in [0.15, 0.2) is 12.3 Å². The maximum absolute atomic E-state index is 6.16. The zero-order valence-corrected chi connectivity index (χ0v) is 13.9. The van der Waals surface area contributed by atoms with Crippen molar-refractivity contribution < 1.29 is 0 Å². The zero-order valence-electron chi connectivity index (χ0n) is 11.6. The molecule has 0 bridgehead atoms. The predicted molar refractivity (Wildman–Crippen MR) is 87.6 cm³/mol. The van der Waals surface area contributed by atoms with Crippen molar-refractivity contribution in [2.24, 2.45) is 17.6 Å². The molecule has 20 heavy (non-hydrogen) atoms. The number of thiophene rings is 1. The number of imidazole rings is 1. The van der Waals surface area contributed by atoms with Gasteiger partial charge in [0.25, 0.3) is 0 Å². The first-order chi connectivity index (χ1) is 9.49. The number of nitrogens with two attached hydrogens (primary N) is 1. The Labute approximate surface area is 133 Å². The van der Waals surface area contributed by atoms with Gasteiger partial charge in [0.15, 0.2) is 0 Å². The van der Waals surface area contributed by atoms with E-state index in [-0.39, 0.29) is 0 Å². The minimum absolute atomic E-state index is 0.454. The second-order valence-corrected chi connectivity index (χ2v) is 7.70. The largest absolute Gasteiger partial charge is 0.342 e. The summed E-state index contributed by atoms with van der Waals surface area (Å²) in [5.74, 6) is 2.05. The number of aromatic nitrogens is 2. The van der Waals surface area contributed by atoms with Gasteiger partial charge in [0.05, 0.1) is 16.2 Å². The van der Waals surface area contributed by atoms with Crippen LogP contribution in [0.3, 0.4) is 0 Å². The van der Waals surface area contributed by atoms with Crippen LogP contribution < -0.4 is 5.73 Å². The fourth-order valence-corrected chi connectivity index (χ4v) is 3.82. The van der Waals surface area contributed by atoms with Gasteiger partial charge in [0, 0.05) is 12.0 Å². The highest BCUT2D eigenvalue weighted by molar-refractivity contribution is 7.20. The number of rotatable bonds is 6. The van der Waals surface area contributed by atoms with E-state index in [4.69, 9.17) is 28.9 Å². The van der Waals surface area contributed by atoms with E-state index >= 15 is 0 Å². The lowest BCUT2D eigenvalue weighted by molar-refractivity contribution is 0.409. The maximum Gasteiger partial charge on any atom is 0.106 e. The van der Waals surface area contributed by atoms with E-state index in [1.54, 1.807) is 0 Å². The molecule has 2 heterocycles. The van der Waals surface area contributed by atoms with Crippen molar-refractivity contribution in [2.75, 3.05) is 6.54 Å². The Bertz CT molecular complexity index is 563. The van der Waals surface area contributed by atoms with Crippen LogP contribution in [0.25, 0.3) is 11.3 Å². The smallest absolute Gasteiger partial charge is 0.106 e. The maximum atomic E-state index is 6.16. The first-order valence-corrected chi connectivity index (χ1v) is 8.26. The number of nitrogens with one attached hydrogen (secondary N) is 1. The number of hydrogen-bond donors (Lipinski definition) is 2. The second-order valence-electron chi connectivity index (χ2n) is 5.42. The van der Waals surface area contributed by atoms with Crippen molar-refractivity contribution in [3.63, 3.8) is 0 Å². The molecule has 3 nitrogen and oxygen atoms in total. The minimum atomic E-state index is 0.454. The predicted octanol–water partition coefficient (Wildman–Crippen LogP) is 4.61. The van der Waals surface area contributed by atoms with Gasteiger partial charge in [-0.05, 0) is 30.9 Å². The topological polar surface area (TPSA) is 54.7 Å².